The monoisotopic (exact) mass is 501 g/mol. The number of benzene rings is 3. The lowest BCUT2D eigenvalue weighted by Gasteiger charge is -2.25. The molecule has 0 saturated carbocycles. The van der Waals surface area contributed by atoms with E-state index in [-0.39, 0.29) is 23.4 Å². The molecular weight excluding hydrogens is 474 g/mol. The number of hydrogen-bond donors (Lipinski definition) is 2. The maximum Gasteiger partial charge on any atom is 0.335 e. The molecule has 3 aromatic carbocycles. The van der Waals surface area contributed by atoms with Crippen molar-refractivity contribution in [2.24, 2.45) is 0 Å². The Bertz CT molecular complexity index is 1370. The van der Waals surface area contributed by atoms with E-state index in [2.05, 4.69) is 0 Å². The van der Waals surface area contributed by atoms with E-state index in [1.54, 1.807) is 54.6 Å². The summed E-state index contributed by atoms with van der Waals surface area (Å²) in [6.45, 7) is 4.24. The van der Waals surface area contributed by atoms with Gasteiger partial charge in [-0.2, -0.15) is 0 Å². The highest BCUT2D eigenvalue weighted by Gasteiger charge is 2.46. The number of rotatable bonds is 8. The van der Waals surface area contributed by atoms with Crippen LogP contribution in [0.2, 0.25) is 0 Å². The molecule has 1 aliphatic heterocycles. The van der Waals surface area contributed by atoms with E-state index in [0.29, 0.717) is 34.8 Å². The third-order valence-electron chi connectivity index (χ3n) is 6.27. The number of carbonyl (C=O) groups is 3. The van der Waals surface area contributed by atoms with Gasteiger partial charge in [0.15, 0.2) is 0 Å². The van der Waals surface area contributed by atoms with E-state index in [4.69, 9.17) is 9.47 Å². The van der Waals surface area contributed by atoms with Gasteiger partial charge >= 0.3 is 5.97 Å². The molecule has 1 heterocycles. The number of aliphatic hydroxyl groups excluding tert-OH is 1. The Morgan fingerprint density at radius 2 is 1.59 bits per heavy atom. The predicted octanol–water partition coefficient (Wildman–Crippen LogP) is 4.72. The topological polar surface area (TPSA) is 113 Å². The molecule has 4 rings (SSSR count). The summed E-state index contributed by atoms with van der Waals surface area (Å²) in [7, 11) is 1.54. The van der Waals surface area contributed by atoms with E-state index in [1.807, 2.05) is 13.8 Å². The molecule has 1 fully saturated rings. The van der Waals surface area contributed by atoms with Crippen molar-refractivity contribution in [1.29, 1.82) is 0 Å². The van der Waals surface area contributed by atoms with Gasteiger partial charge in [0.1, 0.15) is 17.3 Å². The average Bonchev–Trinajstić information content (AvgIpc) is 3.14. The number of methoxy groups -OCH3 is 1. The summed E-state index contributed by atoms with van der Waals surface area (Å²) in [4.78, 5) is 39.1. The van der Waals surface area contributed by atoms with Crippen LogP contribution in [-0.2, 0) is 16.1 Å². The molecule has 1 atom stereocenters. The number of ether oxygens (including phenoxy) is 2. The Kier molecular flexibility index (Phi) is 7.29. The number of ketones is 1. The van der Waals surface area contributed by atoms with Crippen molar-refractivity contribution >= 4 is 23.4 Å². The minimum Gasteiger partial charge on any atom is -0.507 e. The van der Waals surface area contributed by atoms with Crippen molar-refractivity contribution in [3.8, 4) is 11.5 Å². The summed E-state index contributed by atoms with van der Waals surface area (Å²) in [5.74, 6) is -1.63. The van der Waals surface area contributed by atoms with Gasteiger partial charge < -0.3 is 24.6 Å². The van der Waals surface area contributed by atoms with E-state index < -0.39 is 23.7 Å². The van der Waals surface area contributed by atoms with Crippen molar-refractivity contribution in [2.45, 2.75) is 26.4 Å². The normalized spacial score (nSPS) is 16.6. The number of hydrogen-bond acceptors (Lipinski definition) is 6. The molecule has 2 N–H and O–H groups in total. The smallest absolute Gasteiger partial charge is 0.335 e. The van der Waals surface area contributed by atoms with E-state index in [9.17, 15) is 24.6 Å². The number of nitrogens with zero attached hydrogens (tertiary/aromatic N) is 1. The molecule has 0 aliphatic carbocycles. The average molecular weight is 502 g/mol. The molecule has 8 nitrogen and oxygen atoms in total. The molecule has 0 aromatic heterocycles. The number of Topliss-reactive ketones (excluding diaryl/α,β-unsaturated/α-hetero) is 1. The molecule has 37 heavy (non-hydrogen) atoms. The third kappa shape index (κ3) is 5.04. The second kappa shape index (κ2) is 10.6. The van der Waals surface area contributed by atoms with Crippen molar-refractivity contribution in [3.63, 3.8) is 0 Å². The summed E-state index contributed by atoms with van der Waals surface area (Å²) in [5.41, 5.74) is 2.51. The number of aromatic carboxylic acids is 1. The highest BCUT2D eigenvalue weighted by molar-refractivity contribution is 6.46. The molecular formula is C29H27NO7. The van der Waals surface area contributed by atoms with E-state index in [1.165, 1.54) is 24.1 Å². The Morgan fingerprint density at radius 3 is 2.16 bits per heavy atom. The standard InChI is InChI=1S/C29H27NO7/c1-4-37-23-14-11-21(15-17(23)2)26(31)24-25(19-9-12-22(36-3)13-10-19)30(28(33)27(24)32)16-18-5-7-20(8-6-18)29(34)35/h5-15,25,31H,4,16H2,1-3H3,(H,34,35)/b26-24-. The van der Waals surface area contributed by atoms with Gasteiger partial charge in [-0.3, -0.25) is 9.59 Å². The number of amides is 1. The fraction of sp³-hybridized carbons (Fsp3) is 0.207. The lowest BCUT2D eigenvalue weighted by molar-refractivity contribution is -0.140. The zero-order valence-electron chi connectivity index (χ0n) is 20.7. The van der Waals surface area contributed by atoms with E-state index in [0.717, 1.165) is 5.56 Å². The van der Waals surface area contributed by atoms with Crippen LogP contribution in [0.5, 0.6) is 11.5 Å². The number of carboxylic acid groups (broad SMARTS) is 1. The van der Waals surface area contributed by atoms with Gasteiger partial charge in [-0.05, 0) is 73.0 Å². The predicted molar refractivity (Wildman–Crippen MR) is 137 cm³/mol. The summed E-state index contributed by atoms with van der Waals surface area (Å²) in [6, 6.07) is 17.2. The molecule has 1 aliphatic rings. The second-order valence-electron chi connectivity index (χ2n) is 8.62. The summed E-state index contributed by atoms with van der Waals surface area (Å²) in [5, 5.41) is 20.5. The maximum atomic E-state index is 13.3. The van der Waals surface area contributed by atoms with Crippen LogP contribution in [0.3, 0.4) is 0 Å². The highest BCUT2D eigenvalue weighted by Crippen LogP contribution is 2.41. The molecule has 0 radical (unpaired) electrons. The van der Waals surface area contributed by atoms with Crippen LogP contribution in [0.4, 0.5) is 0 Å². The SMILES string of the molecule is CCOc1ccc(/C(O)=C2/C(=O)C(=O)N(Cc3ccc(C(=O)O)cc3)C2c2ccc(OC)cc2)cc1C. The first-order chi connectivity index (χ1) is 17.7. The van der Waals surface area contributed by atoms with Crippen molar-refractivity contribution in [1.82, 2.24) is 4.90 Å². The third-order valence-corrected chi connectivity index (χ3v) is 6.27. The number of aliphatic hydroxyl groups is 1. The van der Waals surface area contributed by atoms with Crippen LogP contribution in [0.1, 0.15) is 45.6 Å². The van der Waals surface area contributed by atoms with Crippen LogP contribution in [-0.4, -0.2) is 46.5 Å². The summed E-state index contributed by atoms with van der Waals surface area (Å²) >= 11 is 0. The number of aryl methyl sites for hydroxylation is 1. The quantitative estimate of drug-likeness (QED) is 0.261. The van der Waals surface area contributed by atoms with Crippen LogP contribution in [0.25, 0.3) is 5.76 Å². The van der Waals surface area contributed by atoms with Crippen LogP contribution >= 0.6 is 0 Å². The molecule has 1 unspecified atom stereocenters. The molecule has 190 valence electrons. The van der Waals surface area contributed by atoms with Crippen LogP contribution < -0.4 is 9.47 Å². The fourth-order valence-corrected chi connectivity index (χ4v) is 4.39. The second-order valence-corrected chi connectivity index (χ2v) is 8.62. The van der Waals surface area contributed by atoms with Crippen molar-refractivity contribution in [3.05, 3.63) is 100 Å². The van der Waals surface area contributed by atoms with Gasteiger partial charge in [0.05, 0.1) is 30.9 Å². The molecule has 3 aromatic rings. The van der Waals surface area contributed by atoms with Gasteiger partial charge in [0, 0.05) is 12.1 Å². The largest absolute Gasteiger partial charge is 0.507 e. The zero-order valence-corrected chi connectivity index (χ0v) is 20.7. The number of carbonyl (C=O) groups excluding carboxylic acids is 2. The van der Waals surface area contributed by atoms with Gasteiger partial charge in [0.25, 0.3) is 11.7 Å². The molecule has 1 saturated heterocycles. The number of likely N-dealkylation sites (tertiary alicyclic amines) is 1. The number of carboxylic acids is 1. The van der Waals surface area contributed by atoms with Gasteiger partial charge in [-0.15, -0.1) is 0 Å². The van der Waals surface area contributed by atoms with Crippen molar-refractivity contribution in [2.75, 3.05) is 13.7 Å². The minimum absolute atomic E-state index is 0.0270. The van der Waals surface area contributed by atoms with Gasteiger partial charge in [-0.25, -0.2) is 4.79 Å². The first kappa shape index (κ1) is 25.5. The van der Waals surface area contributed by atoms with Gasteiger partial charge in [-0.1, -0.05) is 24.3 Å². The minimum atomic E-state index is -1.06. The van der Waals surface area contributed by atoms with Crippen molar-refractivity contribution < 1.29 is 34.1 Å². The molecule has 0 spiro atoms. The van der Waals surface area contributed by atoms with Crippen LogP contribution in [0, 0.1) is 6.92 Å². The molecule has 1 amide bonds. The fourth-order valence-electron chi connectivity index (χ4n) is 4.39. The molecule has 0 bridgehead atoms. The van der Waals surface area contributed by atoms with E-state index >= 15 is 0 Å². The summed E-state index contributed by atoms with van der Waals surface area (Å²) < 4.78 is 10.8. The first-order valence-electron chi connectivity index (χ1n) is 11.7. The highest BCUT2D eigenvalue weighted by atomic mass is 16.5. The Hall–Kier alpha value is -4.59. The van der Waals surface area contributed by atoms with Gasteiger partial charge in [0.2, 0.25) is 0 Å². The first-order valence-corrected chi connectivity index (χ1v) is 11.7. The Balaban J connectivity index is 1.81. The molecule has 8 heteroatoms. The zero-order chi connectivity index (χ0) is 26.7. The maximum absolute atomic E-state index is 13.3. The Morgan fingerprint density at radius 1 is 0.946 bits per heavy atom. The Labute approximate surface area is 214 Å². The lowest BCUT2D eigenvalue weighted by Crippen LogP contribution is -2.29. The lowest BCUT2D eigenvalue weighted by atomic mass is 9.94. The summed E-state index contributed by atoms with van der Waals surface area (Å²) in [6.07, 6.45) is 0. The van der Waals surface area contributed by atoms with Crippen LogP contribution in [0.15, 0.2) is 72.3 Å².